The second-order valence-electron chi connectivity index (χ2n) is 28.7. The number of hydrogen-bond donors (Lipinski definition) is 2. The van der Waals surface area contributed by atoms with E-state index in [1.54, 1.807) is 167 Å². The van der Waals surface area contributed by atoms with Crippen LogP contribution in [0.5, 0.6) is 5.88 Å². The first kappa shape index (κ1) is 116. The average molecular weight is 1730 g/mol. The first-order valence-corrected chi connectivity index (χ1v) is 41.4. The summed E-state index contributed by atoms with van der Waals surface area (Å²) in [5.41, 5.74) is 4.22. The highest BCUT2D eigenvalue weighted by Crippen LogP contribution is 2.15. The van der Waals surface area contributed by atoms with Crippen molar-refractivity contribution in [2.24, 2.45) is 33.0 Å². The van der Waals surface area contributed by atoms with Crippen LogP contribution < -0.4 is 10.3 Å². The lowest BCUT2D eigenvalue weighted by Crippen LogP contribution is -2.27. The van der Waals surface area contributed by atoms with Crippen LogP contribution in [0.25, 0.3) is 0 Å². The van der Waals surface area contributed by atoms with Crippen molar-refractivity contribution in [3.05, 3.63) is 166 Å². The molecular weight excluding hydrogens is 1580 g/mol. The minimum Gasteiger partial charge on any atom is -0.481 e. The van der Waals surface area contributed by atoms with Crippen molar-refractivity contribution in [2.45, 2.75) is 193 Å². The third-order valence-electron chi connectivity index (χ3n) is 15.5. The monoisotopic (exact) mass is 1730 g/mol. The van der Waals surface area contributed by atoms with E-state index in [1.165, 1.54) is 52.8 Å². The average Bonchev–Trinajstić information content (AvgIpc) is 1.54. The van der Waals surface area contributed by atoms with E-state index in [-0.39, 0.29) is 18.7 Å². The Labute approximate surface area is 719 Å². The lowest BCUT2D eigenvalue weighted by molar-refractivity contribution is -0.00999. The molecule has 688 valence electrons. The summed E-state index contributed by atoms with van der Waals surface area (Å²) in [6, 6.07) is 9.17. The second-order valence-corrected chi connectivity index (χ2v) is 31.0. The molecule has 4 fully saturated rings. The Hall–Kier alpha value is -8.77. The lowest BCUT2D eigenvalue weighted by Gasteiger charge is -2.20. The summed E-state index contributed by atoms with van der Waals surface area (Å²) < 4.78 is 88.7. The molecule has 0 spiro atoms. The first-order chi connectivity index (χ1) is 56.8. The van der Waals surface area contributed by atoms with Gasteiger partial charge in [-0.1, -0.05) is 13.5 Å². The van der Waals surface area contributed by atoms with Gasteiger partial charge in [0.1, 0.15) is 21.4 Å². The highest BCUT2D eigenvalue weighted by atomic mass is 32.2. The summed E-state index contributed by atoms with van der Waals surface area (Å²) in [4.78, 5) is 36.8. The van der Waals surface area contributed by atoms with Gasteiger partial charge in [0.25, 0.3) is 0 Å². The van der Waals surface area contributed by atoms with E-state index in [9.17, 15) is 18.3 Å². The number of aliphatic hydroxyl groups is 2. The molecule has 9 aromatic rings. The van der Waals surface area contributed by atoms with Crippen molar-refractivity contribution >= 4 is 9.84 Å². The van der Waals surface area contributed by atoms with Crippen molar-refractivity contribution in [1.82, 2.24) is 94.9 Å². The van der Waals surface area contributed by atoms with Crippen LogP contribution >= 0.6 is 0 Å². The number of aryl methyl sites for hydroxylation is 14. The highest BCUT2D eigenvalue weighted by molar-refractivity contribution is 7.90. The van der Waals surface area contributed by atoms with Gasteiger partial charge < -0.3 is 75.7 Å². The third-order valence-corrected chi connectivity index (χ3v) is 16.6. The molecule has 0 bridgehead atoms. The molecule has 0 saturated carbocycles. The molecule has 0 radical (unpaired) electrons. The van der Waals surface area contributed by atoms with Crippen LogP contribution in [-0.4, -0.2) is 278 Å². The van der Waals surface area contributed by atoms with Crippen molar-refractivity contribution in [2.75, 3.05) is 141 Å². The standard InChI is InChI=1S/2C7H9NO.C7H14O2.C6H12N4O.C6H8N2.2C6H12O2.C6H14O2.C5H8N2.C5H6N2.C5H12O3S.C5H10O2.C4H6N2O.C4H5NO.C3H6N4.CH4/c1-6-3-4-8-7(5-6)9-2;1-6-3-4-7(9)8(2)5-6;1-8-6-7-2-4-9-5-3-7;1-5-7-9-10(8-5)4-6(2,3)11;1-5-3-7-6(2)8-4-5;1-7-6-2-4-8-5-3-6;1-7-4-6-2-3-8-5-6;1-6(2,7)4-5-8-3;1-5-3-4-6-7(5)2;1-5-4-6-2-3-7-5;1-8-4-3-5-9(2,6)7;1-6-5-2-3-7-4-5;1-3-5-6-4(2)7-3;1-4-2-5-3-6-4;1-3-4-6-7(2)5-3;/h2*3-5H,1-2H3;7H,2-6H2,1H3;11H,4H2,1-3H3;3-4H,1-2H3;2*6H,2-5H2,1H3;7H,4-5H2,1-3H3;3-4H,1-2H3;2-4H,1H3;3-5H2,1-2H3;5H,2-4H2,1H3;1-2H3;2-3H,1H3;1-2H3;1H4/t;;;;;;;;;;;5-;;;;/m...........0..../s1. The molecule has 38 heteroatoms. The minimum absolute atomic E-state index is 0. The van der Waals surface area contributed by atoms with Crippen molar-refractivity contribution in [1.29, 1.82) is 0 Å². The van der Waals surface area contributed by atoms with Crippen LogP contribution in [-0.2, 0) is 84.9 Å². The van der Waals surface area contributed by atoms with Gasteiger partial charge in [-0.15, -0.1) is 30.6 Å². The van der Waals surface area contributed by atoms with Gasteiger partial charge in [-0.25, -0.2) is 28.4 Å². The maximum absolute atomic E-state index is 10.7. The summed E-state index contributed by atoms with van der Waals surface area (Å²) in [6.45, 7) is 38.0. The number of hydrogen-bond acceptors (Lipinski definition) is 33. The molecule has 13 rings (SSSR count). The number of oxazole rings is 1. The number of ether oxygens (including phenoxy) is 11. The summed E-state index contributed by atoms with van der Waals surface area (Å²) >= 11 is 0. The molecule has 13 heterocycles. The molecule has 4 aliphatic rings. The van der Waals surface area contributed by atoms with Crippen molar-refractivity contribution in [3.63, 3.8) is 0 Å². The van der Waals surface area contributed by atoms with Gasteiger partial charge in [0, 0.05) is 210 Å². The highest BCUT2D eigenvalue weighted by Gasteiger charge is 2.17. The van der Waals surface area contributed by atoms with Crippen LogP contribution in [0.3, 0.4) is 0 Å². The largest absolute Gasteiger partial charge is 0.481 e. The van der Waals surface area contributed by atoms with Crippen LogP contribution in [0, 0.1) is 88.0 Å². The van der Waals surface area contributed by atoms with Crippen LogP contribution in [0.1, 0.15) is 150 Å². The summed E-state index contributed by atoms with van der Waals surface area (Å²) in [7, 11) is 14.4. The molecule has 4 aliphatic heterocycles. The predicted octanol–water partition coefficient (Wildman–Crippen LogP) is 10.1. The molecule has 1 unspecified atom stereocenters. The van der Waals surface area contributed by atoms with Gasteiger partial charge in [-0.05, 0) is 187 Å². The fourth-order valence-electron chi connectivity index (χ4n) is 8.94. The number of sulfone groups is 1. The summed E-state index contributed by atoms with van der Waals surface area (Å²) in [5.74, 6) is 6.58. The maximum Gasteiger partial charge on any atom is 0.250 e. The molecule has 9 aromatic heterocycles. The molecule has 121 heavy (non-hydrogen) atoms. The zero-order chi connectivity index (χ0) is 90.6. The molecule has 2 atom stereocenters. The second kappa shape index (κ2) is 71.8. The Bertz CT molecular complexity index is 3880. The smallest absolute Gasteiger partial charge is 0.250 e. The normalized spacial score (nSPS) is 14.3. The Kier molecular flexibility index (Phi) is 69.0. The van der Waals surface area contributed by atoms with Crippen LogP contribution in [0.2, 0.25) is 0 Å². The SMILES string of the molecule is C.COC1CCOCC1.COCC1CCOC1.COCC1CCOCC1.COCCC(C)(C)O.COCCCS(C)(=O)=O.CO[C@H]1CCOC1.COc1cc(C)ccn1.Cc1ccc(=O)n(C)c1.Cc1ccnn1C.Cc1cnc(C)nc1.Cc1cnccn1.Cc1cnco1.Cc1nnc(C)o1.Cc1nnn(C)n1.Cc1nnn(CC(C)(C)O)n1. The van der Waals surface area contributed by atoms with Gasteiger partial charge >= 0.3 is 0 Å². The first-order valence-electron chi connectivity index (χ1n) is 39.3. The van der Waals surface area contributed by atoms with E-state index in [0.717, 1.165) is 120 Å². The van der Waals surface area contributed by atoms with E-state index >= 15 is 0 Å². The summed E-state index contributed by atoms with van der Waals surface area (Å²) in [5, 5.41) is 51.9. The zero-order valence-electron chi connectivity index (χ0n) is 76.4. The van der Waals surface area contributed by atoms with Crippen LogP contribution in [0.15, 0.2) is 106 Å². The molecule has 37 nitrogen and oxygen atoms in total. The van der Waals surface area contributed by atoms with E-state index in [2.05, 4.69) is 80.8 Å². The number of pyridine rings is 2. The minimum atomic E-state index is -2.78. The van der Waals surface area contributed by atoms with E-state index in [4.69, 9.17) is 61.3 Å². The van der Waals surface area contributed by atoms with Crippen LogP contribution in [0.4, 0.5) is 0 Å². The number of aromatic nitrogens is 19. The van der Waals surface area contributed by atoms with E-state index in [0.29, 0.717) is 80.0 Å². The Balaban J connectivity index is -0.00000123. The van der Waals surface area contributed by atoms with Gasteiger partial charge in [0.05, 0.1) is 81.6 Å². The van der Waals surface area contributed by atoms with E-state index < -0.39 is 21.0 Å². The maximum atomic E-state index is 10.7. The fourth-order valence-corrected chi connectivity index (χ4v) is 9.58. The van der Waals surface area contributed by atoms with Gasteiger partial charge in [-0.3, -0.25) is 19.4 Å². The van der Waals surface area contributed by atoms with Crippen molar-refractivity contribution < 1.29 is 79.6 Å². The Morgan fingerprint density at radius 2 is 1.11 bits per heavy atom. The molecule has 2 N–H and O–H groups in total. The lowest BCUT2D eigenvalue weighted by atomic mass is 10.0. The molecule has 0 aliphatic carbocycles. The molecule has 0 aromatic carbocycles. The Morgan fingerprint density at radius 1 is 0.545 bits per heavy atom. The van der Waals surface area contributed by atoms with Gasteiger partial charge in [0.2, 0.25) is 23.2 Å². The van der Waals surface area contributed by atoms with Gasteiger partial charge in [0.15, 0.2) is 18.0 Å². The molecular formula is C83H147N19O18S. The Morgan fingerprint density at radius 3 is 1.42 bits per heavy atom. The number of nitrogens with zero attached hydrogens (tertiary/aromatic N) is 19. The number of rotatable bonds is 16. The van der Waals surface area contributed by atoms with Gasteiger partial charge in [-0.2, -0.15) is 14.7 Å². The van der Waals surface area contributed by atoms with Crippen molar-refractivity contribution in [3.8, 4) is 5.88 Å². The summed E-state index contributed by atoms with van der Waals surface area (Å²) in [6.07, 6.45) is 27.2. The quantitative estimate of drug-likeness (QED) is 0.0849. The topological polar surface area (TPSA) is 433 Å². The molecule has 0 amide bonds. The number of methoxy groups -OCH3 is 7. The molecule has 4 saturated heterocycles. The fraction of sp³-hybridized carbons (Fsp3) is 0.663. The zero-order valence-corrected chi connectivity index (χ0v) is 77.2. The number of tetrazole rings is 2. The third kappa shape index (κ3) is 73.7. The van der Waals surface area contributed by atoms with E-state index in [1.807, 2.05) is 103 Å². The predicted molar refractivity (Wildman–Crippen MR) is 465 cm³/mol.